The molecule has 0 spiro atoms. The molecule has 2 nitrogen and oxygen atoms in total. The Morgan fingerprint density at radius 1 is 1.38 bits per heavy atom. The summed E-state index contributed by atoms with van der Waals surface area (Å²) in [6.45, 7) is 0. The molecular weight excluding hydrogens is 372 g/mol. The third kappa shape index (κ3) is 2.94. The minimum atomic E-state index is 0.167. The van der Waals surface area contributed by atoms with Crippen molar-refractivity contribution < 1.29 is 0 Å². The smallest absolute Gasteiger partial charge is 0.0612 e. The SMILES string of the molecule is NNC(Cc1cc(Br)cs1)c1sccc1Br. The van der Waals surface area contributed by atoms with Crippen LogP contribution in [0, 0.1) is 0 Å². The van der Waals surface area contributed by atoms with Crippen molar-refractivity contribution in [1.29, 1.82) is 0 Å². The van der Waals surface area contributed by atoms with Crippen LogP contribution in [0.5, 0.6) is 0 Å². The number of nitrogens with two attached hydrogens (primary N) is 1. The van der Waals surface area contributed by atoms with E-state index >= 15 is 0 Å². The molecule has 6 heteroatoms. The third-order valence-electron chi connectivity index (χ3n) is 2.19. The summed E-state index contributed by atoms with van der Waals surface area (Å²) < 4.78 is 2.25. The Kier molecular flexibility index (Phi) is 4.57. The highest BCUT2D eigenvalue weighted by Crippen LogP contribution is 2.32. The van der Waals surface area contributed by atoms with Gasteiger partial charge in [-0.1, -0.05) is 0 Å². The molecule has 2 aromatic rings. The predicted molar refractivity (Wildman–Crippen MR) is 77.8 cm³/mol. The monoisotopic (exact) mass is 380 g/mol. The van der Waals surface area contributed by atoms with Crippen LogP contribution in [0.1, 0.15) is 15.8 Å². The van der Waals surface area contributed by atoms with Crippen LogP contribution >= 0.6 is 54.5 Å². The molecule has 1 atom stereocenters. The fraction of sp³-hybridized carbons (Fsp3) is 0.200. The van der Waals surface area contributed by atoms with Crippen molar-refractivity contribution in [3.05, 3.63) is 41.6 Å². The van der Waals surface area contributed by atoms with E-state index in [-0.39, 0.29) is 6.04 Å². The van der Waals surface area contributed by atoms with E-state index < -0.39 is 0 Å². The van der Waals surface area contributed by atoms with Crippen LogP contribution < -0.4 is 11.3 Å². The number of thiophene rings is 2. The minimum absolute atomic E-state index is 0.167. The highest BCUT2D eigenvalue weighted by Gasteiger charge is 2.15. The van der Waals surface area contributed by atoms with E-state index in [2.05, 4.69) is 60.2 Å². The van der Waals surface area contributed by atoms with Crippen LogP contribution in [0.25, 0.3) is 0 Å². The van der Waals surface area contributed by atoms with Crippen LogP contribution in [0.3, 0.4) is 0 Å². The van der Waals surface area contributed by atoms with E-state index in [0.717, 1.165) is 15.4 Å². The molecule has 0 fully saturated rings. The summed E-state index contributed by atoms with van der Waals surface area (Å²) in [5, 5.41) is 4.15. The second kappa shape index (κ2) is 5.75. The molecule has 0 aliphatic rings. The Morgan fingerprint density at radius 2 is 2.19 bits per heavy atom. The van der Waals surface area contributed by atoms with Crippen molar-refractivity contribution in [1.82, 2.24) is 5.43 Å². The van der Waals surface area contributed by atoms with Gasteiger partial charge in [-0.2, -0.15) is 0 Å². The number of halogens is 2. The van der Waals surface area contributed by atoms with Gasteiger partial charge < -0.3 is 0 Å². The normalized spacial score (nSPS) is 12.9. The molecule has 2 rings (SSSR count). The Bertz CT molecular complexity index is 467. The molecule has 16 heavy (non-hydrogen) atoms. The van der Waals surface area contributed by atoms with Gasteiger partial charge >= 0.3 is 0 Å². The molecule has 0 aromatic carbocycles. The molecule has 86 valence electrons. The van der Waals surface area contributed by atoms with Crippen molar-refractivity contribution in [2.75, 3.05) is 0 Å². The molecule has 2 aromatic heterocycles. The maximum absolute atomic E-state index is 5.62. The second-order valence-corrected chi connectivity index (χ2v) is 7.00. The molecular formula is C10H10Br2N2S2. The zero-order chi connectivity index (χ0) is 11.5. The summed E-state index contributed by atoms with van der Waals surface area (Å²) in [4.78, 5) is 2.56. The first kappa shape index (κ1) is 12.7. The van der Waals surface area contributed by atoms with Gasteiger partial charge in [-0.25, -0.2) is 0 Å². The molecule has 0 aliphatic carbocycles. The van der Waals surface area contributed by atoms with Crippen molar-refractivity contribution >= 4 is 54.5 Å². The molecule has 0 radical (unpaired) electrons. The van der Waals surface area contributed by atoms with Gasteiger partial charge in [-0.15, -0.1) is 22.7 Å². The Balaban J connectivity index is 2.15. The zero-order valence-corrected chi connectivity index (χ0v) is 13.0. The molecule has 0 bridgehead atoms. The van der Waals surface area contributed by atoms with E-state index in [1.54, 1.807) is 22.7 Å². The van der Waals surface area contributed by atoms with E-state index in [1.807, 2.05) is 0 Å². The summed E-state index contributed by atoms with van der Waals surface area (Å²) in [5.74, 6) is 5.62. The fourth-order valence-electron chi connectivity index (χ4n) is 1.44. The highest BCUT2D eigenvalue weighted by atomic mass is 79.9. The van der Waals surface area contributed by atoms with Gasteiger partial charge in [0.2, 0.25) is 0 Å². The van der Waals surface area contributed by atoms with E-state index in [4.69, 9.17) is 5.84 Å². The van der Waals surface area contributed by atoms with Crippen molar-refractivity contribution in [2.45, 2.75) is 12.5 Å². The average molecular weight is 382 g/mol. The van der Waals surface area contributed by atoms with Crippen molar-refractivity contribution in [3.63, 3.8) is 0 Å². The van der Waals surface area contributed by atoms with Gasteiger partial charge in [0.15, 0.2) is 0 Å². The first-order valence-electron chi connectivity index (χ1n) is 4.62. The first-order chi connectivity index (χ1) is 7.70. The molecule has 0 saturated carbocycles. The maximum Gasteiger partial charge on any atom is 0.0612 e. The van der Waals surface area contributed by atoms with Crippen LogP contribution in [0.4, 0.5) is 0 Å². The van der Waals surface area contributed by atoms with E-state index in [1.165, 1.54) is 9.75 Å². The molecule has 0 aliphatic heterocycles. The number of hydrazine groups is 1. The second-order valence-electron chi connectivity index (χ2n) is 3.29. The zero-order valence-electron chi connectivity index (χ0n) is 8.24. The van der Waals surface area contributed by atoms with Gasteiger partial charge in [-0.3, -0.25) is 11.3 Å². The molecule has 2 heterocycles. The third-order valence-corrected chi connectivity index (χ3v) is 5.89. The largest absolute Gasteiger partial charge is 0.271 e. The highest BCUT2D eigenvalue weighted by molar-refractivity contribution is 9.10. The summed E-state index contributed by atoms with van der Waals surface area (Å²) in [7, 11) is 0. The maximum atomic E-state index is 5.62. The van der Waals surface area contributed by atoms with Crippen LogP contribution in [-0.4, -0.2) is 0 Å². The van der Waals surface area contributed by atoms with Gasteiger partial charge in [0, 0.05) is 30.5 Å². The fourth-order valence-corrected chi connectivity index (χ4v) is 4.65. The number of rotatable bonds is 4. The summed E-state index contributed by atoms with van der Waals surface area (Å²) in [6.07, 6.45) is 0.909. The van der Waals surface area contributed by atoms with Gasteiger partial charge in [-0.05, 0) is 49.4 Å². The standard InChI is InChI=1S/C10H10Br2N2S2/c11-6-3-7(16-5-6)4-9(14-13)10-8(12)1-2-15-10/h1-3,5,9,14H,4,13H2. The lowest BCUT2D eigenvalue weighted by Gasteiger charge is -2.13. The van der Waals surface area contributed by atoms with Crippen molar-refractivity contribution in [2.24, 2.45) is 5.84 Å². The molecule has 3 N–H and O–H groups in total. The lowest BCUT2D eigenvalue weighted by molar-refractivity contribution is 0.562. The van der Waals surface area contributed by atoms with Crippen LogP contribution in [0.15, 0.2) is 31.8 Å². The van der Waals surface area contributed by atoms with Gasteiger partial charge in [0.05, 0.1) is 6.04 Å². The molecule has 0 amide bonds. The number of hydrogen-bond donors (Lipinski definition) is 2. The van der Waals surface area contributed by atoms with Gasteiger partial charge in [0.1, 0.15) is 0 Å². The molecule has 0 saturated heterocycles. The van der Waals surface area contributed by atoms with E-state index in [0.29, 0.717) is 0 Å². The van der Waals surface area contributed by atoms with Crippen LogP contribution in [-0.2, 0) is 6.42 Å². The Morgan fingerprint density at radius 3 is 2.69 bits per heavy atom. The topological polar surface area (TPSA) is 38.0 Å². The van der Waals surface area contributed by atoms with Gasteiger partial charge in [0.25, 0.3) is 0 Å². The van der Waals surface area contributed by atoms with Crippen LogP contribution in [0.2, 0.25) is 0 Å². The molecule has 1 unspecified atom stereocenters. The quantitative estimate of drug-likeness (QED) is 0.618. The predicted octanol–water partition coefficient (Wildman–Crippen LogP) is 4.08. The average Bonchev–Trinajstić information content (AvgIpc) is 2.84. The Hall–Kier alpha value is 0.280. The lowest BCUT2D eigenvalue weighted by atomic mass is 10.1. The summed E-state index contributed by atoms with van der Waals surface area (Å²) in [6, 6.07) is 4.35. The lowest BCUT2D eigenvalue weighted by Crippen LogP contribution is -2.28. The summed E-state index contributed by atoms with van der Waals surface area (Å²) >= 11 is 10.4. The number of nitrogens with one attached hydrogen (secondary N) is 1. The summed E-state index contributed by atoms with van der Waals surface area (Å²) in [5.41, 5.74) is 2.87. The first-order valence-corrected chi connectivity index (χ1v) is 7.97. The minimum Gasteiger partial charge on any atom is -0.271 e. The number of hydrogen-bond acceptors (Lipinski definition) is 4. The van der Waals surface area contributed by atoms with Crippen molar-refractivity contribution in [3.8, 4) is 0 Å². The van der Waals surface area contributed by atoms with E-state index in [9.17, 15) is 0 Å². The Labute approximate surface area is 119 Å².